The Hall–Kier alpha value is -2.35. The molecule has 0 radical (unpaired) electrons. The lowest BCUT2D eigenvalue weighted by Gasteiger charge is -2.11. The van der Waals surface area contributed by atoms with E-state index in [2.05, 4.69) is 20.5 Å². The molecule has 2 aromatic rings. The van der Waals surface area contributed by atoms with Crippen LogP contribution in [0, 0.1) is 6.92 Å². The number of carbonyl (C=O) groups is 1. The topological polar surface area (TPSA) is 97.0 Å². The van der Waals surface area contributed by atoms with Gasteiger partial charge in [0, 0.05) is 0 Å². The van der Waals surface area contributed by atoms with Crippen molar-refractivity contribution in [3.05, 3.63) is 40.4 Å². The van der Waals surface area contributed by atoms with Crippen LogP contribution in [0.5, 0.6) is 5.75 Å². The van der Waals surface area contributed by atoms with E-state index in [-0.39, 0.29) is 11.7 Å². The number of hydrogen-bond acceptors (Lipinski definition) is 6. The number of carbonyl (C=O) groups excluding carboxylic acids is 1. The van der Waals surface area contributed by atoms with Gasteiger partial charge in [0.15, 0.2) is 0 Å². The van der Waals surface area contributed by atoms with Gasteiger partial charge in [0.25, 0.3) is 0 Å². The fourth-order valence-corrected chi connectivity index (χ4v) is 2.43. The third-order valence-corrected chi connectivity index (χ3v) is 3.70. The lowest BCUT2D eigenvalue weighted by molar-refractivity contribution is -0.113. The number of H-pyrrole nitrogens is 1. The van der Waals surface area contributed by atoms with Crippen molar-refractivity contribution >= 4 is 23.4 Å². The Morgan fingerprint density at radius 2 is 2.18 bits per heavy atom. The third kappa shape index (κ3) is 4.32. The molecule has 0 aliphatic carbocycles. The number of aromatic amines is 1. The highest BCUT2D eigenvalue weighted by Crippen LogP contribution is 2.24. The molecular weight excluding hydrogens is 304 g/mol. The Labute approximate surface area is 131 Å². The minimum absolute atomic E-state index is 0.124. The van der Waals surface area contributed by atoms with Gasteiger partial charge >= 0.3 is 5.69 Å². The van der Waals surface area contributed by atoms with Crippen LogP contribution in [-0.2, 0) is 4.79 Å². The Bertz CT molecular complexity index is 717. The second-order valence-electron chi connectivity index (χ2n) is 4.30. The second kappa shape index (κ2) is 7.60. The molecule has 1 amide bonds. The molecule has 2 N–H and O–H groups in total. The van der Waals surface area contributed by atoms with Gasteiger partial charge in [-0.25, -0.2) is 9.89 Å². The number of rotatable bonds is 6. The van der Waals surface area contributed by atoms with E-state index in [1.165, 1.54) is 0 Å². The van der Waals surface area contributed by atoms with Gasteiger partial charge in [0.1, 0.15) is 10.8 Å². The predicted molar refractivity (Wildman–Crippen MR) is 84.4 cm³/mol. The maximum Gasteiger partial charge on any atom is 0.362 e. The molecule has 7 nitrogen and oxygen atoms in total. The summed E-state index contributed by atoms with van der Waals surface area (Å²) in [7, 11) is 0. The molecule has 1 aromatic carbocycles. The number of hydrogen-bond donors (Lipinski definition) is 2. The maximum atomic E-state index is 12.0. The molecule has 0 saturated heterocycles. The molecule has 1 heterocycles. The summed E-state index contributed by atoms with van der Waals surface area (Å²) < 4.78 is 5.45. The van der Waals surface area contributed by atoms with E-state index in [9.17, 15) is 9.59 Å². The molecule has 2 rings (SSSR count). The van der Waals surface area contributed by atoms with Gasteiger partial charge in [-0.1, -0.05) is 23.9 Å². The molecular formula is C14H16N4O3S. The number of para-hydroxylation sites is 2. The first-order chi connectivity index (χ1) is 10.6. The van der Waals surface area contributed by atoms with Gasteiger partial charge in [-0.05, 0) is 26.0 Å². The van der Waals surface area contributed by atoms with Crippen molar-refractivity contribution in [2.45, 2.75) is 18.9 Å². The molecule has 22 heavy (non-hydrogen) atoms. The summed E-state index contributed by atoms with van der Waals surface area (Å²) in [4.78, 5) is 26.9. The van der Waals surface area contributed by atoms with E-state index in [4.69, 9.17) is 4.74 Å². The summed E-state index contributed by atoms with van der Waals surface area (Å²) in [6, 6.07) is 7.21. The predicted octanol–water partition coefficient (Wildman–Crippen LogP) is 1.60. The van der Waals surface area contributed by atoms with Crippen LogP contribution in [0.3, 0.4) is 0 Å². The highest BCUT2D eigenvalue weighted by Gasteiger charge is 2.10. The van der Waals surface area contributed by atoms with E-state index in [0.717, 1.165) is 11.8 Å². The number of benzene rings is 1. The van der Waals surface area contributed by atoms with Gasteiger partial charge in [0.05, 0.1) is 23.7 Å². The quantitative estimate of drug-likeness (QED) is 0.785. The van der Waals surface area contributed by atoms with Crippen molar-refractivity contribution in [3.63, 3.8) is 0 Å². The molecule has 116 valence electrons. The standard InChI is InChI=1S/C14H16N4O3S/c1-3-21-11-7-5-4-6-10(11)15-12(19)8-22-13-9(2)17-18-14(20)16-13/h4-7H,3,8H2,1-2H3,(H,15,19)(H,16,18,20). The first kappa shape index (κ1) is 16.0. The fourth-order valence-electron chi connectivity index (χ4n) is 1.69. The Morgan fingerprint density at radius 3 is 2.95 bits per heavy atom. The van der Waals surface area contributed by atoms with Crippen molar-refractivity contribution < 1.29 is 9.53 Å². The van der Waals surface area contributed by atoms with Gasteiger partial charge < -0.3 is 10.1 Å². The molecule has 0 aliphatic rings. The first-order valence-electron chi connectivity index (χ1n) is 6.68. The van der Waals surface area contributed by atoms with E-state index in [1.807, 2.05) is 19.1 Å². The Kier molecular flexibility index (Phi) is 5.54. The minimum atomic E-state index is -0.532. The van der Waals surface area contributed by atoms with Crippen LogP contribution in [-0.4, -0.2) is 33.4 Å². The van der Waals surface area contributed by atoms with Crippen molar-refractivity contribution in [2.24, 2.45) is 0 Å². The molecule has 8 heteroatoms. The zero-order valence-corrected chi connectivity index (χ0v) is 13.1. The summed E-state index contributed by atoms with van der Waals surface area (Å²) in [6.45, 7) is 4.11. The van der Waals surface area contributed by atoms with Crippen LogP contribution in [0.4, 0.5) is 5.69 Å². The van der Waals surface area contributed by atoms with E-state index in [0.29, 0.717) is 28.8 Å². The van der Waals surface area contributed by atoms with Crippen LogP contribution < -0.4 is 15.7 Å². The number of amides is 1. The average Bonchev–Trinajstić information content (AvgIpc) is 2.50. The molecule has 1 aromatic heterocycles. The summed E-state index contributed by atoms with van der Waals surface area (Å²) in [5, 5.41) is 9.27. The summed E-state index contributed by atoms with van der Waals surface area (Å²) in [5.74, 6) is 0.536. The van der Waals surface area contributed by atoms with Crippen LogP contribution >= 0.6 is 11.8 Å². The van der Waals surface area contributed by atoms with Gasteiger partial charge in [-0.2, -0.15) is 10.1 Å². The molecule has 0 saturated carbocycles. The molecule has 0 aliphatic heterocycles. The molecule has 0 unspecified atom stereocenters. The second-order valence-corrected chi connectivity index (χ2v) is 5.26. The molecule has 0 fully saturated rings. The van der Waals surface area contributed by atoms with Gasteiger partial charge in [0.2, 0.25) is 5.91 Å². The maximum absolute atomic E-state index is 12.0. The van der Waals surface area contributed by atoms with Crippen LogP contribution in [0.15, 0.2) is 34.1 Å². The zero-order chi connectivity index (χ0) is 15.9. The lowest BCUT2D eigenvalue weighted by Crippen LogP contribution is -2.17. The van der Waals surface area contributed by atoms with Crippen LogP contribution in [0.25, 0.3) is 0 Å². The summed E-state index contributed by atoms with van der Waals surface area (Å²) >= 11 is 1.16. The number of aryl methyl sites for hydroxylation is 1. The summed E-state index contributed by atoms with van der Waals surface area (Å²) in [5.41, 5.74) is 0.658. The number of aromatic nitrogens is 3. The highest BCUT2D eigenvalue weighted by atomic mass is 32.2. The monoisotopic (exact) mass is 320 g/mol. The zero-order valence-electron chi connectivity index (χ0n) is 12.3. The van der Waals surface area contributed by atoms with Crippen LogP contribution in [0.1, 0.15) is 12.6 Å². The molecule has 0 atom stereocenters. The minimum Gasteiger partial charge on any atom is -0.492 e. The van der Waals surface area contributed by atoms with Gasteiger partial charge in [-0.15, -0.1) is 0 Å². The molecule has 0 bridgehead atoms. The van der Waals surface area contributed by atoms with Gasteiger partial charge in [-0.3, -0.25) is 4.79 Å². The van der Waals surface area contributed by atoms with Crippen molar-refractivity contribution in [1.82, 2.24) is 15.2 Å². The van der Waals surface area contributed by atoms with E-state index in [1.54, 1.807) is 19.1 Å². The smallest absolute Gasteiger partial charge is 0.362 e. The van der Waals surface area contributed by atoms with Crippen molar-refractivity contribution in [3.8, 4) is 5.75 Å². The lowest BCUT2D eigenvalue weighted by atomic mass is 10.3. The Balaban J connectivity index is 1.99. The molecule has 0 spiro atoms. The first-order valence-corrected chi connectivity index (χ1v) is 7.66. The largest absolute Gasteiger partial charge is 0.492 e. The summed E-state index contributed by atoms with van der Waals surface area (Å²) in [6.07, 6.45) is 0. The number of nitrogens with zero attached hydrogens (tertiary/aromatic N) is 2. The van der Waals surface area contributed by atoms with Crippen LogP contribution in [0.2, 0.25) is 0 Å². The highest BCUT2D eigenvalue weighted by molar-refractivity contribution is 8.00. The van der Waals surface area contributed by atoms with Crippen molar-refractivity contribution in [1.29, 1.82) is 0 Å². The number of ether oxygens (including phenoxy) is 1. The Morgan fingerprint density at radius 1 is 1.41 bits per heavy atom. The number of nitrogens with one attached hydrogen (secondary N) is 2. The van der Waals surface area contributed by atoms with E-state index < -0.39 is 5.69 Å². The average molecular weight is 320 g/mol. The normalized spacial score (nSPS) is 10.3. The third-order valence-electron chi connectivity index (χ3n) is 2.63. The van der Waals surface area contributed by atoms with Crippen molar-refractivity contribution in [2.75, 3.05) is 17.7 Å². The number of thioether (sulfide) groups is 1. The fraction of sp³-hybridized carbons (Fsp3) is 0.286. The SMILES string of the molecule is CCOc1ccccc1NC(=O)CSc1nc(=O)[nH]nc1C. The number of anilines is 1. The van der Waals surface area contributed by atoms with E-state index >= 15 is 0 Å².